The number of aromatic nitrogens is 1. The fraction of sp³-hybridized carbons (Fsp3) is 0.619. The number of halogens is 1. The van der Waals surface area contributed by atoms with E-state index in [1.165, 1.54) is 43.9 Å². The van der Waals surface area contributed by atoms with E-state index in [2.05, 4.69) is 21.9 Å². The van der Waals surface area contributed by atoms with Crippen LogP contribution < -0.4 is 5.32 Å². The molecule has 0 atom stereocenters. The Morgan fingerprint density at radius 3 is 2.79 bits per heavy atom. The van der Waals surface area contributed by atoms with Crippen LogP contribution in [0.1, 0.15) is 50.5 Å². The van der Waals surface area contributed by atoms with Crippen LogP contribution in [-0.2, 0) is 9.47 Å². The van der Waals surface area contributed by atoms with Gasteiger partial charge in [0.05, 0.1) is 17.3 Å². The van der Waals surface area contributed by atoms with E-state index >= 15 is 0 Å². The van der Waals surface area contributed by atoms with Crippen molar-refractivity contribution in [1.82, 2.24) is 4.98 Å². The summed E-state index contributed by atoms with van der Waals surface area (Å²) >= 11 is 7.86. The van der Waals surface area contributed by atoms with Gasteiger partial charge in [0.2, 0.25) is 0 Å². The van der Waals surface area contributed by atoms with Crippen molar-refractivity contribution in [3.63, 3.8) is 0 Å². The first-order valence-corrected chi connectivity index (χ1v) is 11.7. The molecule has 0 spiro atoms. The second-order valence-corrected chi connectivity index (χ2v) is 8.59. The van der Waals surface area contributed by atoms with Crippen molar-refractivity contribution in [3.8, 4) is 0 Å². The Labute approximate surface area is 177 Å². The minimum Gasteiger partial charge on any atom is -0.473 e. The van der Waals surface area contributed by atoms with Crippen LogP contribution in [-0.4, -0.2) is 42.3 Å². The third-order valence-corrected chi connectivity index (χ3v) is 6.17. The highest BCUT2D eigenvalue weighted by Crippen LogP contribution is 2.28. The first kappa shape index (κ1) is 21.5. The van der Waals surface area contributed by atoms with Crippen LogP contribution >= 0.6 is 23.4 Å². The van der Waals surface area contributed by atoms with Gasteiger partial charge in [-0.2, -0.15) is 0 Å². The Balaban J connectivity index is 1.63. The molecular formula is C21H30ClN3O2S. The molecule has 1 aromatic heterocycles. The van der Waals surface area contributed by atoms with E-state index in [0.29, 0.717) is 34.5 Å². The third kappa shape index (κ3) is 6.39. The first-order chi connectivity index (χ1) is 13.7. The number of thioether (sulfide) groups is 1. The van der Waals surface area contributed by atoms with Crippen molar-refractivity contribution in [3.05, 3.63) is 29.4 Å². The van der Waals surface area contributed by atoms with Crippen molar-refractivity contribution in [2.24, 2.45) is 10.9 Å². The van der Waals surface area contributed by atoms with Gasteiger partial charge in [-0.3, -0.25) is 0 Å². The number of hydrogen-bond acceptors (Lipinski definition) is 6. The van der Waals surface area contributed by atoms with Crippen LogP contribution in [0.5, 0.6) is 0 Å². The molecule has 154 valence electrons. The Hall–Kier alpha value is -1.24. The number of nitrogens with one attached hydrogen (secondary N) is 1. The molecule has 28 heavy (non-hydrogen) atoms. The lowest BCUT2D eigenvalue weighted by Crippen LogP contribution is -2.22. The highest BCUT2D eigenvalue weighted by molar-refractivity contribution is 8.12. The molecule has 0 radical (unpaired) electrons. The first-order valence-electron chi connectivity index (χ1n) is 10.1. The Morgan fingerprint density at radius 2 is 2.07 bits per heavy atom. The van der Waals surface area contributed by atoms with Gasteiger partial charge >= 0.3 is 0 Å². The average molecular weight is 424 g/mol. The van der Waals surface area contributed by atoms with Gasteiger partial charge in [-0.05, 0) is 43.9 Å². The molecule has 0 aromatic carbocycles. The molecule has 0 amide bonds. The standard InChI is InChI=1S/C21H30ClN3O2S/c1-15(24-21(28-2)27-14-16-8-10-26-11-9-16)18-12-20(23-13-19(18)22)25-17-6-4-3-5-7-17/h12-13,16-17H,1,3-11,14H2,2H3,(H,23,25)/b24-21-. The summed E-state index contributed by atoms with van der Waals surface area (Å²) in [5, 5.41) is 4.70. The molecule has 7 heteroatoms. The zero-order chi connectivity index (χ0) is 19.8. The minimum absolute atomic E-state index is 0.483. The fourth-order valence-electron chi connectivity index (χ4n) is 3.60. The predicted octanol–water partition coefficient (Wildman–Crippen LogP) is 5.61. The summed E-state index contributed by atoms with van der Waals surface area (Å²) in [5.41, 5.74) is 1.38. The maximum atomic E-state index is 6.38. The normalized spacial score (nSPS) is 19.4. The van der Waals surface area contributed by atoms with Crippen LogP contribution in [0.4, 0.5) is 5.82 Å². The molecule has 0 unspecified atom stereocenters. The highest BCUT2D eigenvalue weighted by atomic mass is 35.5. The monoisotopic (exact) mass is 423 g/mol. The largest absolute Gasteiger partial charge is 0.473 e. The second-order valence-electron chi connectivity index (χ2n) is 7.42. The van der Waals surface area contributed by atoms with E-state index in [4.69, 9.17) is 21.1 Å². The van der Waals surface area contributed by atoms with Gasteiger partial charge in [-0.15, -0.1) is 0 Å². The molecule has 2 fully saturated rings. The van der Waals surface area contributed by atoms with Gasteiger partial charge in [-0.1, -0.05) is 49.2 Å². The number of pyridine rings is 1. The van der Waals surface area contributed by atoms with E-state index in [-0.39, 0.29) is 0 Å². The minimum atomic E-state index is 0.483. The fourth-order valence-corrected chi connectivity index (χ4v) is 4.20. The zero-order valence-corrected chi connectivity index (χ0v) is 18.2. The Kier molecular flexibility index (Phi) is 8.49. The van der Waals surface area contributed by atoms with Gasteiger partial charge in [-0.25, -0.2) is 9.98 Å². The molecule has 5 nitrogen and oxygen atoms in total. The van der Waals surface area contributed by atoms with Crippen LogP contribution in [0.3, 0.4) is 0 Å². The summed E-state index contributed by atoms with van der Waals surface area (Å²) < 4.78 is 11.3. The van der Waals surface area contributed by atoms with Crippen molar-refractivity contribution < 1.29 is 9.47 Å². The van der Waals surface area contributed by atoms with E-state index in [1.807, 2.05) is 12.3 Å². The van der Waals surface area contributed by atoms with Gasteiger partial charge in [0.25, 0.3) is 5.23 Å². The average Bonchev–Trinajstić information content (AvgIpc) is 2.74. The molecule has 2 aliphatic rings. The number of hydrogen-bond donors (Lipinski definition) is 1. The zero-order valence-electron chi connectivity index (χ0n) is 16.6. The molecule has 1 saturated heterocycles. The Bertz CT molecular complexity index is 686. The summed E-state index contributed by atoms with van der Waals surface area (Å²) in [6, 6.07) is 2.43. The molecule has 0 bridgehead atoms. The molecule has 3 rings (SSSR count). The topological polar surface area (TPSA) is 55.7 Å². The molecule has 1 aliphatic carbocycles. The maximum absolute atomic E-state index is 6.38. The van der Waals surface area contributed by atoms with Crippen molar-refractivity contribution in [1.29, 1.82) is 0 Å². The van der Waals surface area contributed by atoms with Gasteiger partial charge in [0, 0.05) is 31.0 Å². The van der Waals surface area contributed by atoms with Gasteiger partial charge in [0.15, 0.2) is 0 Å². The SMILES string of the molecule is C=C(/N=C(/OCC1CCOCC1)SC)c1cc(NC2CCCCC2)ncc1Cl. The van der Waals surface area contributed by atoms with Crippen molar-refractivity contribution in [2.45, 2.75) is 51.0 Å². The summed E-state index contributed by atoms with van der Waals surface area (Å²) in [6.07, 6.45) is 12.0. The Morgan fingerprint density at radius 1 is 1.32 bits per heavy atom. The summed E-state index contributed by atoms with van der Waals surface area (Å²) in [5.74, 6) is 1.35. The number of rotatable bonds is 6. The lowest BCUT2D eigenvalue weighted by atomic mass is 9.95. The van der Waals surface area contributed by atoms with E-state index in [0.717, 1.165) is 37.4 Å². The van der Waals surface area contributed by atoms with E-state index in [1.54, 1.807) is 6.20 Å². The van der Waals surface area contributed by atoms with Crippen LogP contribution in [0.25, 0.3) is 5.70 Å². The van der Waals surface area contributed by atoms with Crippen LogP contribution in [0, 0.1) is 5.92 Å². The van der Waals surface area contributed by atoms with Crippen LogP contribution in [0.2, 0.25) is 5.02 Å². The van der Waals surface area contributed by atoms with Gasteiger partial charge < -0.3 is 14.8 Å². The summed E-state index contributed by atoms with van der Waals surface area (Å²) in [4.78, 5) is 9.02. The number of aliphatic imine (C=N–C) groups is 1. The lowest BCUT2D eigenvalue weighted by molar-refractivity contribution is 0.0486. The van der Waals surface area contributed by atoms with Crippen molar-refractivity contribution >= 4 is 40.1 Å². The molecule has 2 heterocycles. The number of anilines is 1. The molecular weight excluding hydrogens is 394 g/mol. The van der Waals surface area contributed by atoms with Crippen molar-refractivity contribution in [2.75, 3.05) is 31.4 Å². The van der Waals surface area contributed by atoms with Gasteiger partial charge in [0.1, 0.15) is 5.82 Å². The van der Waals surface area contributed by atoms with Crippen LogP contribution in [0.15, 0.2) is 23.8 Å². The molecule has 1 N–H and O–H groups in total. The third-order valence-electron chi connectivity index (χ3n) is 5.31. The predicted molar refractivity (Wildman–Crippen MR) is 119 cm³/mol. The summed E-state index contributed by atoms with van der Waals surface area (Å²) in [7, 11) is 0. The summed E-state index contributed by atoms with van der Waals surface area (Å²) in [6.45, 7) is 6.41. The number of nitrogens with zero attached hydrogens (tertiary/aromatic N) is 2. The quantitative estimate of drug-likeness (QED) is 0.475. The lowest BCUT2D eigenvalue weighted by Gasteiger charge is -2.23. The van der Waals surface area contributed by atoms with E-state index in [9.17, 15) is 0 Å². The highest BCUT2D eigenvalue weighted by Gasteiger charge is 2.17. The number of ether oxygens (including phenoxy) is 2. The molecule has 1 saturated carbocycles. The smallest absolute Gasteiger partial charge is 0.250 e. The molecule has 1 aromatic rings. The second kappa shape index (κ2) is 11.1. The van der Waals surface area contributed by atoms with E-state index < -0.39 is 0 Å². The maximum Gasteiger partial charge on any atom is 0.250 e. The molecule has 1 aliphatic heterocycles.